The molecule has 2 N–H and O–H groups in total. The summed E-state index contributed by atoms with van der Waals surface area (Å²) in [5.74, 6) is 0.0878. The lowest BCUT2D eigenvalue weighted by Crippen LogP contribution is -2.45. The molecule has 0 heterocycles. The van der Waals surface area contributed by atoms with Crippen molar-refractivity contribution in [3.05, 3.63) is 12.2 Å². The fraction of sp³-hybridized carbons (Fsp3) is 0.750. The van der Waals surface area contributed by atoms with E-state index in [4.69, 9.17) is 0 Å². The summed E-state index contributed by atoms with van der Waals surface area (Å²) < 4.78 is 0. The van der Waals surface area contributed by atoms with Crippen molar-refractivity contribution in [2.45, 2.75) is 52.6 Å². The van der Waals surface area contributed by atoms with Gasteiger partial charge in [-0.1, -0.05) is 19.1 Å². The van der Waals surface area contributed by atoms with Gasteiger partial charge >= 0.3 is 0 Å². The molecule has 0 radical (unpaired) electrons. The summed E-state index contributed by atoms with van der Waals surface area (Å²) in [6, 6.07) is 0.154. The van der Waals surface area contributed by atoms with Crippen LogP contribution in [0.3, 0.4) is 0 Å². The van der Waals surface area contributed by atoms with Gasteiger partial charge in [0, 0.05) is 6.04 Å². The summed E-state index contributed by atoms with van der Waals surface area (Å²) >= 11 is 0. The second kappa shape index (κ2) is 8.48. The number of carbonyl (C=O) groups excluding carboxylic acids is 1. The molecule has 2 atom stereocenters. The molecule has 15 heavy (non-hydrogen) atoms. The Balaban J connectivity index is 3.69. The van der Waals surface area contributed by atoms with E-state index in [9.17, 15) is 4.79 Å². The molecule has 3 nitrogen and oxygen atoms in total. The molecule has 0 saturated heterocycles. The Hall–Kier alpha value is -0.830. The molecule has 0 saturated carbocycles. The third kappa shape index (κ3) is 7.14. The number of hydrogen-bond donors (Lipinski definition) is 2. The van der Waals surface area contributed by atoms with E-state index in [1.54, 1.807) is 0 Å². The first-order valence-corrected chi connectivity index (χ1v) is 5.76. The highest BCUT2D eigenvalue weighted by atomic mass is 16.2. The maximum absolute atomic E-state index is 11.6. The van der Waals surface area contributed by atoms with Crippen molar-refractivity contribution in [3.63, 3.8) is 0 Å². The normalized spacial score (nSPS) is 15.2. The molecule has 0 aromatic carbocycles. The third-order valence-corrected chi connectivity index (χ3v) is 2.39. The highest BCUT2D eigenvalue weighted by molar-refractivity contribution is 5.81. The van der Waals surface area contributed by atoms with Crippen molar-refractivity contribution in [2.24, 2.45) is 0 Å². The number of carbonyl (C=O) groups is 1. The van der Waals surface area contributed by atoms with Gasteiger partial charge in [-0.3, -0.25) is 4.79 Å². The highest BCUT2D eigenvalue weighted by Gasteiger charge is 2.12. The zero-order valence-electron chi connectivity index (χ0n) is 10.3. The van der Waals surface area contributed by atoms with Gasteiger partial charge in [-0.15, -0.1) is 0 Å². The lowest BCUT2D eigenvalue weighted by molar-refractivity contribution is -0.123. The quantitative estimate of drug-likeness (QED) is 0.499. The van der Waals surface area contributed by atoms with E-state index in [-0.39, 0.29) is 18.0 Å². The Bertz CT molecular complexity index is 202. The maximum Gasteiger partial charge on any atom is 0.237 e. The minimum absolute atomic E-state index is 0.0878. The van der Waals surface area contributed by atoms with Crippen LogP contribution in [0.15, 0.2) is 12.2 Å². The lowest BCUT2D eigenvalue weighted by atomic mass is 10.2. The Kier molecular flexibility index (Phi) is 8.01. The van der Waals surface area contributed by atoms with Crippen LogP contribution in [0.5, 0.6) is 0 Å². The Morgan fingerprint density at radius 1 is 1.40 bits per heavy atom. The summed E-state index contributed by atoms with van der Waals surface area (Å²) in [6.45, 7) is 8.82. The van der Waals surface area contributed by atoms with Crippen LogP contribution in [0, 0.1) is 0 Å². The molecule has 0 aliphatic heterocycles. The van der Waals surface area contributed by atoms with Gasteiger partial charge in [0.15, 0.2) is 0 Å². The van der Waals surface area contributed by atoms with Crippen LogP contribution >= 0.6 is 0 Å². The van der Waals surface area contributed by atoms with Gasteiger partial charge in [0.05, 0.1) is 6.04 Å². The fourth-order valence-corrected chi connectivity index (χ4v) is 1.11. The molecule has 2 unspecified atom stereocenters. The van der Waals surface area contributed by atoms with E-state index < -0.39 is 0 Å². The Morgan fingerprint density at radius 3 is 2.60 bits per heavy atom. The standard InChI is InChI=1S/C12H24N2O/c1-5-7-8-9-13-11(4)12(15)14-10(3)6-2/h5,7,10-11,13H,6,8-9H2,1-4H3,(H,14,15)/b7-5+. The van der Waals surface area contributed by atoms with Crippen LogP contribution in [0.4, 0.5) is 0 Å². The topological polar surface area (TPSA) is 41.1 Å². The zero-order chi connectivity index (χ0) is 11.7. The lowest BCUT2D eigenvalue weighted by Gasteiger charge is -2.17. The van der Waals surface area contributed by atoms with E-state index >= 15 is 0 Å². The molecule has 0 aliphatic rings. The molecular formula is C12H24N2O. The highest BCUT2D eigenvalue weighted by Crippen LogP contribution is 1.91. The average molecular weight is 212 g/mol. The predicted molar refractivity (Wildman–Crippen MR) is 64.8 cm³/mol. The Morgan fingerprint density at radius 2 is 2.07 bits per heavy atom. The van der Waals surface area contributed by atoms with Crippen molar-refractivity contribution >= 4 is 5.91 Å². The molecule has 0 bridgehead atoms. The van der Waals surface area contributed by atoms with E-state index in [0.29, 0.717) is 0 Å². The molecule has 0 aromatic heterocycles. The van der Waals surface area contributed by atoms with Gasteiger partial charge in [0.2, 0.25) is 5.91 Å². The molecule has 0 fully saturated rings. The average Bonchev–Trinajstić information content (AvgIpc) is 2.23. The molecular weight excluding hydrogens is 188 g/mol. The summed E-state index contributed by atoms with van der Waals surface area (Å²) in [4.78, 5) is 11.6. The molecule has 3 heteroatoms. The van der Waals surface area contributed by atoms with Crippen LogP contribution in [0.2, 0.25) is 0 Å². The van der Waals surface area contributed by atoms with Crippen molar-refractivity contribution in [1.29, 1.82) is 0 Å². The zero-order valence-corrected chi connectivity index (χ0v) is 10.3. The number of allylic oxidation sites excluding steroid dienone is 1. The van der Waals surface area contributed by atoms with Crippen molar-refractivity contribution < 1.29 is 4.79 Å². The van der Waals surface area contributed by atoms with Gasteiger partial charge in [0.25, 0.3) is 0 Å². The van der Waals surface area contributed by atoms with Crippen molar-refractivity contribution in [2.75, 3.05) is 6.54 Å². The first kappa shape index (κ1) is 14.2. The van der Waals surface area contributed by atoms with Crippen molar-refractivity contribution in [3.8, 4) is 0 Å². The van der Waals surface area contributed by atoms with Crippen LogP contribution in [0.1, 0.15) is 40.5 Å². The van der Waals surface area contributed by atoms with Gasteiger partial charge in [0.1, 0.15) is 0 Å². The van der Waals surface area contributed by atoms with Gasteiger partial charge in [-0.25, -0.2) is 0 Å². The van der Waals surface area contributed by atoms with E-state index in [0.717, 1.165) is 19.4 Å². The molecule has 0 aromatic rings. The second-order valence-electron chi connectivity index (χ2n) is 3.85. The SMILES string of the molecule is C/C=C/CCNC(C)C(=O)NC(C)CC. The largest absolute Gasteiger partial charge is 0.352 e. The first-order valence-electron chi connectivity index (χ1n) is 5.76. The third-order valence-electron chi connectivity index (χ3n) is 2.39. The van der Waals surface area contributed by atoms with E-state index in [2.05, 4.69) is 23.6 Å². The molecule has 88 valence electrons. The number of hydrogen-bond acceptors (Lipinski definition) is 2. The molecule has 0 aliphatic carbocycles. The second-order valence-corrected chi connectivity index (χ2v) is 3.85. The molecule has 0 spiro atoms. The van der Waals surface area contributed by atoms with Gasteiger partial charge in [-0.2, -0.15) is 0 Å². The van der Waals surface area contributed by atoms with E-state index in [1.807, 2.05) is 26.8 Å². The number of amides is 1. The number of rotatable bonds is 7. The van der Waals surface area contributed by atoms with Gasteiger partial charge < -0.3 is 10.6 Å². The summed E-state index contributed by atoms with van der Waals surface area (Å²) in [6.07, 6.45) is 6.05. The smallest absolute Gasteiger partial charge is 0.237 e. The van der Waals surface area contributed by atoms with Crippen LogP contribution in [-0.4, -0.2) is 24.5 Å². The minimum Gasteiger partial charge on any atom is -0.352 e. The summed E-state index contributed by atoms with van der Waals surface area (Å²) in [7, 11) is 0. The summed E-state index contributed by atoms with van der Waals surface area (Å²) in [5.41, 5.74) is 0. The number of nitrogens with one attached hydrogen (secondary N) is 2. The molecule has 0 rings (SSSR count). The predicted octanol–water partition coefficient (Wildman–Crippen LogP) is 1.85. The van der Waals surface area contributed by atoms with Crippen LogP contribution in [-0.2, 0) is 4.79 Å². The van der Waals surface area contributed by atoms with Crippen LogP contribution in [0.25, 0.3) is 0 Å². The minimum atomic E-state index is -0.107. The fourth-order valence-electron chi connectivity index (χ4n) is 1.11. The van der Waals surface area contributed by atoms with E-state index in [1.165, 1.54) is 0 Å². The van der Waals surface area contributed by atoms with Gasteiger partial charge in [-0.05, 0) is 40.2 Å². The maximum atomic E-state index is 11.6. The van der Waals surface area contributed by atoms with Crippen molar-refractivity contribution in [1.82, 2.24) is 10.6 Å². The monoisotopic (exact) mass is 212 g/mol. The Labute approximate surface area is 93.3 Å². The van der Waals surface area contributed by atoms with Crippen LogP contribution < -0.4 is 10.6 Å². The molecule has 1 amide bonds. The summed E-state index contributed by atoms with van der Waals surface area (Å²) in [5, 5.41) is 6.13. The first-order chi connectivity index (χ1) is 7.11.